The van der Waals surface area contributed by atoms with Crippen molar-refractivity contribution in [3.05, 3.63) is 0 Å². The zero-order valence-electron chi connectivity index (χ0n) is 15.1. The molecule has 0 aromatic rings. The number of amides is 4. The molecule has 4 amide bonds. The normalized spacial score (nSPS) is 28.5. The topological polar surface area (TPSA) is 64.2 Å². The van der Waals surface area contributed by atoms with E-state index in [2.05, 4.69) is 0 Å². The van der Waals surface area contributed by atoms with Gasteiger partial charge in [0.25, 0.3) is 0 Å². The Bertz CT molecular complexity index is 554. The highest BCUT2D eigenvalue weighted by atomic mass is 16.2. The molecule has 0 radical (unpaired) electrons. The molecule has 3 rings (SSSR count). The van der Waals surface area contributed by atoms with Gasteiger partial charge in [-0.1, -0.05) is 0 Å². The van der Waals surface area contributed by atoms with Gasteiger partial charge >= 0.3 is 6.03 Å². The van der Waals surface area contributed by atoms with Gasteiger partial charge in [-0.2, -0.15) is 0 Å². The Morgan fingerprint density at radius 1 is 1.17 bits per heavy atom. The van der Waals surface area contributed by atoms with Crippen LogP contribution in [0.4, 0.5) is 4.79 Å². The Balaban J connectivity index is 1.84. The quantitative estimate of drug-likeness (QED) is 0.699. The molecule has 134 valence electrons. The molecule has 0 aliphatic carbocycles. The van der Waals surface area contributed by atoms with Crippen LogP contribution in [-0.4, -0.2) is 89.8 Å². The lowest BCUT2D eigenvalue weighted by Gasteiger charge is -2.47. The smallest absolute Gasteiger partial charge is 0.319 e. The molecule has 3 fully saturated rings. The van der Waals surface area contributed by atoms with E-state index in [-0.39, 0.29) is 35.2 Å². The summed E-state index contributed by atoms with van der Waals surface area (Å²) in [5, 5.41) is 0. The molecule has 3 heterocycles. The number of piperidine rings is 1. The summed E-state index contributed by atoms with van der Waals surface area (Å²) in [6.45, 7) is 6.90. The van der Waals surface area contributed by atoms with Gasteiger partial charge in [0.2, 0.25) is 11.8 Å². The maximum absolute atomic E-state index is 12.9. The van der Waals surface area contributed by atoms with Crippen molar-refractivity contribution in [2.45, 2.75) is 32.2 Å². The first-order valence-electron chi connectivity index (χ1n) is 8.85. The van der Waals surface area contributed by atoms with E-state index in [1.807, 2.05) is 21.6 Å². The minimum atomic E-state index is -0.191. The second-order valence-corrected chi connectivity index (χ2v) is 7.49. The van der Waals surface area contributed by atoms with E-state index in [1.54, 1.807) is 25.9 Å². The largest absolute Gasteiger partial charge is 0.343 e. The molecule has 2 atom stereocenters. The third kappa shape index (κ3) is 2.36. The number of hydrogen-bond donors (Lipinski definition) is 0. The highest BCUT2D eigenvalue weighted by Gasteiger charge is 2.61. The van der Waals surface area contributed by atoms with Crippen LogP contribution in [0.25, 0.3) is 0 Å². The summed E-state index contributed by atoms with van der Waals surface area (Å²) in [5.74, 6) is 0.387. The highest BCUT2D eigenvalue weighted by Crippen LogP contribution is 2.49. The third-order valence-electron chi connectivity index (χ3n) is 6.17. The first kappa shape index (κ1) is 17.0. The van der Waals surface area contributed by atoms with E-state index in [4.69, 9.17) is 0 Å². The van der Waals surface area contributed by atoms with Crippen molar-refractivity contribution in [3.63, 3.8) is 0 Å². The number of likely N-dealkylation sites (tertiary alicyclic amines) is 3. The zero-order valence-corrected chi connectivity index (χ0v) is 15.1. The maximum Gasteiger partial charge on any atom is 0.319 e. The fourth-order valence-corrected chi connectivity index (χ4v) is 4.98. The monoisotopic (exact) mass is 336 g/mol. The van der Waals surface area contributed by atoms with Crippen molar-refractivity contribution in [2.75, 3.05) is 46.8 Å². The van der Waals surface area contributed by atoms with Crippen LogP contribution >= 0.6 is 0 Å². The number of carbonyl (C=O) groups is 3. The summed E-state index contributed by atoms with van der Waals surface area (Å²) >= 11 is 0. The molecular formula is C17H28N4O3. The molecule has 3 aliphatic heterocycles. The molecule has 0 aromatic heterocycles. The Hall–Kier alpha value is -1.79. The molecule has 0 unspecified atom stereocenters. The molecule has 0 saturated carbocycles. The van der Waals surface area contributed by atoms with Crippen LogP contribution in [0.5, 0.6) is 0 Å². The van der Waals surface area contributed by atoms with Gasteiger partial charge in [-0.25, -0.2) is 4.79 Å². The Morgan fingerprint density at radius 3 is 2.29 bits per heavy atom. The predicted octanol–water partition coefficient (Wildman–Crippen LogP) is 0.459. The molecule has 3 aliphatic rings. The van der Waals surface area contributed by atoms with Crippen molar-refractivity contribution >= 4 is 17.8 Å². The lowest BCUT2D eigenvalue weighted by Crippen LogP contribution is -2.58. The molecule has 3 saturated heterocycles. The fourth-order valence-electron chi connectivity index (χ4n) is 4.98. The van der Waals surface area contributed by atoms with Crippen molar-refractivity contribution in [2.24, 2.45) is 11.8 Å². The van der Waals surface area contributed by atoms with Gasteiger partial charge in [0.15, 0.2) is 0 Å². The highest BCUT2D eigenvalue weighted by molar-refractivity contribution is 5.86. The standard InChI is InChI=1S/C17H28N4O3/c1-5-21-15(23)13-10-20(16(24)18(3)4)11-14(13)17(21)6-8-19(9-7-17)12(2)22/h13-14H,5-11H2,1-4H3/t13-,14+/m0/s1. The van der Waals surface area contributed by atoms with Gasteiger partial charge in [-0.15, -0.1) is 0 Å². The summed E-state index contributed by atoms with van der Waals surface area (Å²) < 4.78 is 0. The van der Waals surface area contributed by atoms with Gasteiger partial charge in [0.05, 0.1) is 11.5 Å². The predicted molar refractivity (Wildman–Crippen MR) is 89.2 cm³/mol. The van der Waals surface area contributed by atoms with Gasteiger partial charge in [0.1, 0.15) is 0 Å². The number of nitrogens with zero attached hydrogens (tertiary/aromatic N) is 4. The number of carbonyl (C=O) groups excluding carboxylic acids is 3. The van der Waals surface area contributed by atoms with Crippen molar-refractivity contribution in [3.8, 4) is 0 Å². The van der Waals surface area contributed by atoms with E-state index >= 15 is 0 Å². The zero-order chi connectivity index (χ0) is 17.6. The van der Waals surface area contributed by atoms with Gasteiger partial charge in [-0.3, -0.25) is 9.59 Å². The van der Waals surface area contributed by atoms with Crippen LogP contribution < -0.4 is 0 Å². The van der Waals surface area contributed by atoms with Crippen molar-refractivity contribution in [1.29, 1.82) is 0 Å². The average Bonchev–Trinajstić information content (AvgIpc) is 3.07. The van der Waals surface area contributed by atoms with Crippen LogP contribution in [0.1, 0.15) is 26.7 Å². The summed E-state index contributed by atoms with van der Waals surface area (Å²) in [4.78, 5) is 44.2. The molecule has 0 bridgehead atoms. The summed E-state index contributed by atoms with van der Waals surface area (Å²) in [7, 11) is 3.50. The lowest BCUT2D eigenvalue weighted by molar-refractivity contribution is -0.137. The SMILES string of the molecule is CCN1C(=O)[C@H]2CN(C(=O)N(C)C)C[C@H]2C12CCN(C(C)=O)CC2. The minimum absolute atomic E-state index is 0.0171. The van der Waals surface area contributed by atoms with Crippen molar-refractivity contribution in [1.82, 2.24) is 19.6 Å². The fraction of sp³-hybridized carbons (Fsp3) is 0.824. The Labute approximate surface area is 143 Å². The second kappa shape index (κ2) is 5.93. The lowest BCUT2D eigenvalue weighted by atomic mass is 9.75. The number of rotatable bonds is 1. The van der Waals surface area contributed by atoms with E-state index < -0.39 is 0 Å². The van der Waals surface area contributed by atoms with Gasteiger partial charge < -0.3 is 19.6 Å². The van der Waals surface area contributed by atoms with Crippen molar-refractivity contribution < 1.29 is 14.4 Å². The first-order valence-corrected chi connectivity index (χ1v) is 8.85. The van der Waals surface area contributed by atoms with E-state index in [9.17, 15) is 14.4 Å². The molecule has 7 heteroatoms. The molecule has 0 aromatic carbocycles. The molecule has 1 spiro atoms. The molecule has 7 nitrogen and oxygen atoms in total. The minimum Gasteiger partial charge on any atom is -0.343 e. The summed E-state index contributed by atoms with van der Waals surface area (Å²) in [6, 6.07) is -0.0171. The molecule has 24 heavy (non-hydrogen) atoms. The first-order chi connectivity index (χ1) is 11.3. The summed E-state index contributed by atoms with van der Waals surface area (Å²) in [6.07, 6.45) is 1.63. The van der Waals surface area contributed by atoms with Crippen LogP contribution in [0.15, 0.2) is 0 Å². The number of fused-ring (bicyclic) bond motifs is 2. The second-order valence-electron chi connectivity index (χ2n) is 7.49. The summed E-state index contributed by atoms with van der Waals surface area (Å²) in [5.41, 5.74) is -0.191. The van der Waals surface area contributed by atoms with Crippen LogP contribution in [0.3, 0.4) is 0 Å². The van der Waals surface area contributed by atoms with Gasteiger partial charge in [0, 0.05) is 59.7 Å². The molecular weight excluding hydrogens is 308 g/mol. The van der Waals surface area contributed by atoms with Crippen LogP contribution in [0, 0.1) is 11.8 Å². The number of urea groups is 1. The van der Waals surface area contributed by atoms with Gasteiger partial charge in [-0.05, 0) is 19.8 Å². The molecule has 0 N–H and O–H groups in total. The van der Waals surface area contributed by atoms with E-state index in [0.29, 0.717) is 32.7 Å². The van der Waals surface area contributed by atoms with Crippen LogP contribution in [0.2, 0.25) is 0 Å². The third-order valence-corrected chi connectivity index (χ3v) is 6.17. The van der Waals surface area contributed by atoms with E-state index in [0.717, 1.165) is 12.8 Å². The Morgan fingerprint density at radius 2 is 1.79 bits per heavy atom. The maximum atomic E-state index is 12.9. The van der Waals surface area contributed by atoms with E-state index in [1.165, 1.54) is 0 Å². The Kier molecular flexibility index (Phi) is 4.21. The number of hydrogen-bond acceptors (Lipinski definition) is 3. The average molecular weight is 336 g/mol. The van der Waals surface area contributed by atoms with Crippen LogP contribution in [-0.2, 0) is 9.59 Å².